The second-order valence-electron chi connectivity index (χ2n) is 5.32. The zero-order valence-electron chi connectivity index (χ0n) is 12.8. The molecule has 0 aliphatic carbocycles. The second kappa shape index (κ2) is 6.43. The highest BCUT2D eigenvalue weighted by Crippen LogP contribution is 2.10. The van der Waals surface area contributed by atoms with Crippen LogP contribution in [0.5, 0.6) is 0 Å². The second-order valence-corrected chi connectivity index (χ2v) is 5.32. The summed E-state index contributed by atoms with van der Waals surface area (Å²) in [7, 11) is 0. The molecule has 1 heterocycles. The van der Waals surface area contributed by atoms with Gasteiger partial charge in [-0.1, -0.05) is 12.1 Å². The lowest BCUT2D eigenvalue weighted by atomic mass is 10.1. The Morgan fingerprint density at radius 3 is 2.64 bits per heavy atom. The number of carboxylic acids is 1. The number of carbonyl (C=O) groups excluding carboxylic acids is 1. The maximum absolute atomic E-state index is 12.0. The number of amides is 1. The van der Waals surface area contributed by atoms with E-state index in [4.69, 9.17) is 5.11 Å². The zero-order chi connectivity index (χ0) is 16.3. The highest BCUT2D eigenvalue weighted by atomic mass is 16.4. The third-order valence-electron chi connectivity index (χ3n) is 3.34. The van der Waals surface area contributed by atoms with Gasteiger partial charge in [0.25, 0.3) is 5.91 Å². The van der Waals surface area contributed by atoms with Crippen LogP contribution in [0.15, 0.2) is 30.3 Å². The first-order valence-electron chi connectivity index (χ1n) is 7.00. The Morgan fingerprint density at radius 2 is 2.05 bits per heavy atom. The maximum atomic E-state index is 12.0. The van der Waals surface area contributed by atoms with Gasteiger partial charge < -0.3 is 10.4 Å². The van der Waals surface area contributed by atoms with Gasteiger partial charge in [-0.3, -0.25) is 14.3 Å². The molecular weight excluding hydrogens is 282 g/mol. The topological polar surface area (TPSA) is 84.2 Å². The molecule has 2 rings (SSSR count). The van der Waals surface area contributed by atoms with E-state index < -0.39 is 17.9 Å². The maximum Gasteiger partial charge on any atom is 0.325 e. The van der Waals surface area contributed by atoms with Crippen LogP contribution in [0.2, 0.25) is 0 Å². The van der Waals surface area contributed by atoms with Gasteiger partial charge in [0.05, 0.1) is 12.2 Å². The Morgan fingerprint density at radius 1 is 1.32 bits per heavy atom. The third-order valence-corrected chi connectivity index (χ3v) is 3.34. The summed E-state index contributed by atoms with van der Waals surface area (Å²) in [5.41, 5.74) is 3.36. The average molecular weight is 301 g/mol. The Labute approximate surface area is 128 Å². The third kappa shape index (κ3) is 3.72. The predicted molar refractivity (Wildman–Crippen MR) is 81.8 cm³/mol. The molecule has 1 aromatic heterocycles. The van der Waals surface area contributed by atoms with Gasteiger partial charge in [0, 0.05) is 11.3 Å². The standard InChI is InChI=1S/C16H19N3O3/c1-10-7-11(2)19(18-10)9-13-5-4-6-14(8-13)15(20)17-12(3)16(21)22/h4-8,12H,9H2,1-3H3,(H,17,20)(H,21,22)/t12-/m1/s1. The fourth-order valence-electron chi connectivity index (χ4n) is 2.16. The first-order chi connectivity index (χ1) is 10.4. The first-order valence-corrected chi connectivity index (χ1v) is 7.00. The van der Waals surface area contributed by atoms with Gasteiger partial charge in [0.1, 0.15) is 6.04 Å². The Hall–Kier alpha value is -2.63. The van der Waals surface area contributed by atoms with Gasteiger partial charge in [0.15, 0.2) is 0 Å². The van der Waals surface area contributed by atoms with Gasteiger partial charge in [-0.15, -0.1) is 0 Å². The van der Waals surface area contributed by atoms with Crippen molar-refractivity contribution >= 4 is 11.9 Å². The average Bonchev–Trinajstić information content (AvgIpc) is 2.77. The fourth-order valence-corrected chi connectivity index (χ4v) is 2.16. The van der Waals surface area contributed by atoms with Crippen LogP contribution in [0.25, 0.3) is 0 Å². The zero-order valence-corrected chi connectivity index (χ0v) is 12.8. The normalized spacial score (nSPS) is 12.0. The minimum Gasteiger partial charge on any atom is -0.480 e. The van der Waals surface area contributed by atoms with E-state index in [1.54, 1.807) is 18.2 Å². The van der Waals surface area contributed by atoms with Crippen LogP contribution in [0.4, 0.5) is 0 Å². The summed E-state index contributed by atoms with van der Waals surface area (Å²) in [6, 6.07) is 8.17. The van der Waals surface area contributed by atoms with Crippen molar-refractivity contribution in [2.75, 3.05) is 0 Å². The molecule has 1 aromatic carbocycles. The number of nitrogens with zero attached hydrogens (tertiary/aromatic N) is 2. The number of hydrogen-bond acceptors (Lipinski definition) is 3. The van der Waals surface area contributed by atoms with E-state index in [2.05, 4.69) is 10.4 Å². The molecule has 2 aromatic rings. The number of aliphatic carboxylic acids is 1. The Balaban J connectivity index is 2.14. The fraction of sp³-hybridized carbons (Fsp3) is 0.312. The molecule has 0 saturated carbocycles. The molecule has 0 bridgehead atoms. The summed E-state index contributed by atoms with van der Waals surface area (Å²) in [5, 5.41) is 15.7. The smallest absolute Gasteiger partial charge is 0.325 e. The summed E-state index contributed by atoms with van der Waals surface area (Å²) in [5.74, 6) is -1.46. The van der Waals surface area contributed by atoms with Crippen molar-refractivity contribution in [2.24, 2.45) is 0 Å². The molecule has 1 atom stereocenters. The van der Waals surface area contributed by atoms with E-state index in [0.717, 1.165) is 17.0 Å². The van der Waals surface area contributed by atoms with Crippen molar-refractivity contribution in [3.05, 3.63) is 52.8 Å². The van der Waals surface area contributed by atoms with Crippen LogP contribution in [0.1, 0.15) is 34.2 Å². The highest BCUT2D eigenvalue weighted by molar-refractivity contribution is 5.96. The summed E-state index contributed by atoms with van der Waals surface area (Å²) in [6.45, 7) is 5.90. The number of rotatable bonds is 5. The lowest BCUT2D eigenvalue weighted by Crippen LogP contribution is -2.38. The van der Waals surface area contributed by atoms with Crippen LogP contribution in [-0.4, -0.2) is 32.8 Å². The Kier molecular flexibility index (Phi) is 4.60. The molecule has 116 valence electrons. The number of hydrogen-bond donors (Lipinski definition) is 2. The number of nitrogens with one attached hydrogen (secondary N) is 1. The Bertz CT molecular complexity index is 706. The molecule has 2 N–H and O–H groups in total. The summed E-state index contributed by atoms with van der Waals surface area (Å²) >= 11 is 0. The van der Waals surface area contributed by atoms with Crippen LogP contribution in [0.3, 0.4) is 0 Å². The summed E-state index contributed by atoms with van der Waals surface area (Å²) < 4.78 is 1.87. The SMILES string of the molecule is Cc1cc(C)n(Cc2cccc(C(=O)N[C@H](C)C(=O)O)c2)n1. The van der Waals surface area contributed by atoms with E-state index in [1.165, 1.54) is 6.92 Å². The van der Waals surface area contributed by atoms with Crippen molar-refractivity contribution in [3.63, 3.8) is 0 Å². The number of aryl methyl sites for hydroxylation is 2. The van der Waals surface area contributed by atoms with E-state index >= 15 is 0 Å². The number of carbonyl (C=O) groups is 2. The van der Waals surface area contributed by atoms with E-state index in [9.17, 15) is 9.59 Å². The molecule has 0 saturated heterocycles. The van der Waals surface area contributed by atoms with Crippen LogP contribution < -0.4 is 5.32 Å². The molecule has 0 radical (unpaired) electrons. The number of carboxylic acid groups (broad SMARTS) is 1. The molecular formula is C16H19N3O3. The van der Waals surface area contributed by atoms with Gasteiger partial charge >= 0.3 is 5.97 Å². The molecule has 6 nitrogen and oxygen atoms in total. The predicted octanol–water partition coefficient (Wildman–Crippen LogP) is 1.75. The molecule has 0 aliphatic rings. The summed E-state index contributed by atoms with van der Waals surface area (Å²) in [4.78, 5) is 22.8. The molecule has 0 aliphatic heterocycles. The largest absolute Gasteiger partial charge is 0.480 e. The van der Waals surface area contributed by atoms with E-state index in [0.29, 0.717) is 12.1 Å². The molecule has 22 heavy (non-hydrogen) atoms. The number of aromatic nitrogens is 2. The lowest BCUT2D eigenvalue weighted by Gasteiger charge is -2.10. The van der Waals surface area contributed by atoms with Crippen molar-refractivity contribution in [1.29, 1.82) is 0 Å². The molecule has 0 spiro atoms. The minimum atomic E-state index is -1.06. The van der Waals surface area contributed by atoms with Gasteiger partial charge in [-0.05, 0) is 44.5 Å². The molecule has 0 fully saturated rings. The molecule has 1 amide bonds. The highest BCUT2D eigenvalue weighted by Gasteiger charge is 2.15. The van der Waals surface area contributed by atoms with E-state index in [-0.39, 0.29) is 0 Å². The number of benzene rings is 1. The van der Waals surface area contributed by atoms with Crippen molar-refractivity contribution in [1.82, 2.24) is 15.1 Å². The lowest BCUT2D eigenvalue weighted by molar-refractivity contribution is -0.138. The van der Waals surface area contributed by atoms with Gasteiger partial charge in [-0.2, -0.15) is 5.10 Å². The van der Waals surface area contributed by atoms with Crippen molar-refractivity contribution < 1.29 is 14.7 Å². The van der Waals surface area contributed by atoms with E-state index in [1.807, 2.05) is 30.7 Å². The van der Waals surface area contributed by atoms with Crippen LogP contribution in [-0.2, 0) is 11.3 Å². The van der Waals surface area contributed by atoms with Gasteiger partial charge in [-0.25, -0.2) is 0 Å². The van der Waals surface area contributed by atoms with Crippen LogP contribution >= 0.6 is 0 Å². The van der Waals surface area contributed by atoms with Crippen molar-refractivity contribution in [3.8, 4) is 0 Å². The quantitative estimate of drug-likeness (QED) is 0.881. The molecule has 0 unspecified atom stereocenters. The minimum absolute atomic E-state index is 0.398. The first kappa shape index (κ1) is 15.8. The monoisotopic (exact) mass is 301 g/mol. The molecule has 6 heteroatoms. The van der Waals surface area contributed by atoms with Gasteiger partial charge in [0.2, 0.25) is 0 Å². The van der Waals surface area contributed by atoms with Crippen molar-refractivity contribution in [2.45, 2.75) is 33.4 Å². The van der Waals surface area contributed by atoms with Crippen LogP contribution in [0, 0.1) is 13.8 Å². The summed E-state index contributed by atoms with van der Waals surface area (Å²) in [6.07, 6.45) is 0.